The molecule has 178 valence electrons. The minimum absolute atomic E-state index is 0.00352. The van der Waals surface area contributed by atoms with Gasteiger partial charge in [0.05, 0.1) is 28.8 Å². The first-order valence-electron chi connectivity index (χ1n) is 11.3. The third-order valence-corrected chi connectivity index (χ3v) is 5.97. The van der Waals surface area contributed by atoms with E-state index in [9.17, 15) is 9.18 Å². The van der Waals surface area contributed by atoms with Crippen molar-refractivity contribution >= 4 is 39.5 Å². The van der Waals surface area contributed by atoms with Crippen LogP contribution in [0.15, 0.2) is 30.6 Å². The molecule has 1 aliphatic heterocycles. The van der Waals surface area contributed by atoms with E-state index in [-0.39, 0.29) is 41.3 Å². The van der Waals surface area contributed by atoms with Crippen LogP contribution in [-0.4, -0.2) is 50.1 Å². The van der Waals surface area contributed by atoms with Crippen LogP contribution in [0.2, 0.25) is 0 Å². The first-order chi connectivity index (χ1) is 16.2. The van der Waals surface area contributed by atoms with Gasteiger partial charge in [-0.2, -0.15) is 5.10 Å². The molecule has 1 fully saturated rings. The number of aryl methyl sites for hydroxylation is 1. The summed E-state index contributed by atoms with van der Waals surface area (Å²) in [5.41, 5.74) is 2.53. The van der Waals surface area contributed by atoms with Crippen LogP contribution >= 0.6 is 0 Å². The number of ketones is 1. The van der Waals surface area contributed by atoms with E-state index in [0.717, 1.165) is 18.8 Å². The maximum atomic E-state index is 15.5. The summed E-state index contributed by atoms with van der Waals surface area (Å²) in [4.78, 5) is 18.2. The predicted octanol–water partition coefficient (Wildman–Crippen LogP) is 3.79. The standard InChI is InChI=1S/C24H27F2N7O/c1-13-8-31(9-14(2)27-13)18-6-19(25)22-21(7-18)33(11-16(4)34)30-23(22)29-17-5-20(26)24-28-15(3)10-32(24)12-17/h5-7,10,12-14,27H,8-9,11H2,1-4H3,(H,29,30)/t13-,14-/m0/s1. The Kier molecular flexibility index (Phi) is 5.47. The summed E-state index contributed by atoms with van der Waals surface area (Å²) in [6.45, 7) is 8.92. The number of aromatic nitrogens is 4. The lowest BCUT2D eigenvalue weighted by molar-refractivity contribution is -0.117. The van der Waals surface area contributed by atoms with Crippen LogP contribution < -0.4 is 15.5 Å². The minimum Gasteiger partial charge on any atom is -0.368 e. The molecule has 34 heavy (non-hydrogen) atoms. The molecule has 5 rings (SSSR count). The summed E-state index contributed by atoms with van der Waals surface area (Å²) in [6.07, 6.45) is 3.38. The normalized spacial score (nSPS) is 18.7. The van der Waals surface area contributed by atoms with Crippen LogP contribution in [0.1, 0.15) is 26.5 Å². The maximum absolute atomic E-state index is 15.5. The van der Waals surface area contributed by atoms with Crippen molar-refractivity contribution in [1.82, 2.24) is 24.5 Å². The van der Waals surface area contributed by atoms with Gasteiger partial charge in [0, 0.05) is 49.3 Å². The lowest BCUT2D eigenvalue weighted by Crippen LogP contribution is -2.54. The number of fused-ring (bicyclic) bond motifs is 2. The fourth-order valence-electron chi connectivity index (χ4n) is 4.76. The van der Waals surface area contributed by atoms with E-state index in [1.54, 1.807) is 23.7 Å². The average Bonchev–Trinajstić information content (AvgIpc) is 3.27. The lowest BCUT2D eigenvalue weighted by atomic mass is 10.1. The summed E-state index contributed by atoms with van der Waals surface area (Å²) in [6, 6.07) is 5.19. The Morgan fingerprint density at radius 2 is 1.88 bits per heavy atom. The summed E-state index contributed by atoms with van der Waals surface area (Å²) in [5, 5.41) is 11.3. The van der Waals surface area contributed by atoms with Crippen molar-refractivity contribution in [2.24, 2.45) is 0 Å². The summed E-state index contributed by atoms with van der Waals surface area (Å²) >= 11 is 0. The molecule has 1 aliphatic rings. The lowest BCUT2D eigenvalue weighted by Gasteiger charge is -2.37. The number of imidazole rings is 1. The number of carbonyl (C=O) groups is 1. The zero-order valence-electron chi connectivity index (χ0n) is 19.6. The van der Waals surface area contributed by atoms with Crippen molar-refractivity contribution in [3.05, 3.63) is 47.9 Å². The monoisotopic (exact) mass is 467 g/mol. The highest BCUT2D eigenvalue weighted by molar-refractivity contribution is 5.95. The summed E-state index contributed by atoms with van der Waals surface area (Å²) in [5.74, 6) is -0.843. The highest BCUT2D eigenvalue weighted by Crippen LogP contribution is 2.33. The van der Waals surface area contributed by atoms with E-state index in [0.29, 0.717) is 16.9 Å². The van der Waals surface area contributed by atoms with E-state index in [4.69, 9.17) is 0 Å². The van der Waals surface area contributed by atoms with E-state index < -0.39 is 11.6 Å². The second kappa shape index (κ2) is 8.35. The number of nitrogens with one attached hydrogen (secondary N) is 2. The molecule has 1 aromatic carbocycles. The first-order valence-corrected chi connectivity index (χ1v) is 11.3. The highest BCUT2D eigenvalue weighted by Gasteiger charge is 2.24. The number of carbonyl (C=O) groups excluding carboxylic acids is 1. The van der Waals surface area contributed by atoms with Gasteiger partial charge in [-0.05, 0) is 39.8 Å². The van der Waals surface area contributed by atoms with Crippen molar-refractivity contribution in [2.45, 2.75) is 46.3 Å². The number of nitrogens with zero attached hydrogens (tertiary/aromatic N) is 5. The number of anilines is 3. The maximum Gasteiger partial charge on any atom is 0.173 e. The molecule has 4 aromatic rings. The molecule has 2 atom stereocenters. The molecule has 3 aromatic heterocycles. The van der Waals surface area contributed by atoms with Gasteiger partial charge < -0.3 is 19.9 Å². The quantitative estimate of drug-likeness (QED) is 0.465. The van der Waals surface area contributed by atoms with Gasteiger partial charge in [-0.25, -0.2) is 13.8 Å². The van der Waals surface area contributed by atoms with Gasteiger partial charge in [-0.15, -0.1) is 0 Å². The Morgan fingerprint density at radius 3 is 2.59 bits per heavy atom. The molecule has 0 saturated carbocycles. The third kappa shape index (κ3) is 4.09. The Bertz CT molecular complexity index is 1400. The van der Waals surface area contributed by atoms with Gasteiger partial charge >= 0.3 is 0 Å². The largest absolute Gasteiger partial charge is 0.368 e. The van der Waals surface area contributed by atoms with Gasteiger partial charge in [0.1, 0.15) is 5.82 Å². The van der Waals surface area contributed by atoms with Gasteiger partial charge in [-0.3, -0.25) is 9.48 Å². The minimum atomic E-state index is -0.504. The first kappa shape index (κ1) is 22.3. The molecular formula is C24H27F2N7O. The van der Waals surface area contributed by atoms with Crippen LogP contribution in [0.3, 0.4) is 0 Å². The molecule has 0 amide bonds. The molecule has 10 heteroatoms. The van der Waals surface area contributed by atoms with Crippen LogP contribution in [0, 0.1) is 18.6 Å². The predicted molar refractivity (Wildman–Crippen MR) is 128 cm³/mol. The van der Waals surface area contributed by atoms with Gasteiger partial charge in [0.15, 0.2) is 23.1 Å². The zero-order valence-corrected chi connectivity index (χ0v) is 19.6. The summed E-state index contributed by atoms with van der Waals surface area (Å²) < 4.78 is 33.2. The van der Waals surface area contributed by atoms with Crippen molar-refractivity contribution in [3.8, 4) is 0 Å². The second-order valence-corrected chi connectivity index (χ2v) is 9.22. The van der Waals surface area contributed by atoms with E-state index in [2.05, 4.69) is 39.5 Å². The van der Waals surface area contributed by atoms with Crippen LogP contribution in [0.5, 0.6) is 0 Å². The SMILES string of the molecule is CC(=O)Cn1nc(Nc2cc(F)c3nc(C)cn3c2)c2c(F)cc(N3C[C@H](C)N[C@@H](C)C3)cc21. The van der Waals surface area contributed by atoms with Crippen LogP contribution in [-0.2, 0) is 11.3 Å². The Morgan fingerprint density at radius 1 is 1.15 bits per heavy atom. The number of hydrogen-bond donors (Lipinski definition) is 2. The Balaban J connectivity index is 1.59. The number of rotatable bonds is 5. The number of halogens is 2. The van der Waals surface area contributed by atoms with Gasteiger partial charge in [-0.1, -0.05) is 0 Å². The fourth-order valence-corrected chi connectivity index (χ4v) is 4.76. The third-order valence-electron chi connectivity index (χ3n) is 5.97. The summed E-state index contributed by atoms with van der Waals surface area (Å²) in [7, 11) is 0. The van der Waals surface area contributed by atoms with Crippen LogP contribution in [0.25, 0.3) is 16.6 Å². The average molecular weight is 468 g/mol. The number of piperazine rings is 1. The Hall–Kier alpha value is -3.53. The van der Waals surface area contributed by atoms with Crippen molar-refractivity contribution < 1.29 is 13.6 Å². The topological polar surface area (TPSA) is 79.5 Å². The number of pyridine rings is 1. The number of benzene rings is 1. The molecule has 0 radical (unpaired) electrons. The van der Waals surface area contributed by atoms with Gasteiger partial charge in [0.25, 0.3) is 0 Å². The van der Waals surface area contributed by atoms with Crippen molar-refractivity contribution in [3.63, 3.8) is 0 Å². The fraction of sp³-hybridized carbons (Fsp3) is 0.375. The number of Topliss-reactive ketones (excluding diaryl/α,β-unsaturated/α-hetero) is 1. The second-order valence-electron chi connectivity index (χ2n) is 9.22. The van der Waals surface area contributed by atoms with Crippen molar-refractivity contribution in [2.75, 3.05) is 23.3 Å². The van der Waals surface area contributed by atoms with Gasteiger partial charge in [0.2, 0.25) is 0 Å². The molecule has 0 spiro atoms. The molecule has 0 aliphatic carbocycles. The van der Waals surface area contributed by atoms with E-state index in [1.165, 1.54) is 23.7 Å². The molecular weight excluding hydrogens is 440 g/mol. The molecule has 4 heterocycles. The molecule has 0 bridgehead atoms. The molecule has 8 nitrogen and oxygen atoms in total. The van der Waals surface area contributed by atoms with E-state index >= 15 is 4.39 Å². The van der Waals surface area contributed by atoms with E-state index in [1.807, 2.05) is 6.07 Å². The smallest absolute Gasteiger partial charge is 0.173 e. The zero-order chi connectivity index (χ0) is 24.1. The van der Waals surface area contributed by atoms with Crippen molar-refractivity contribution in [1.29, 1.82) is 0 Å². The highest BCUT2D eigenvalue weighted by atomic mass is 19.1. The molecule has 0 unspecified atom stereocenters. The number of hydrogen-bond acceptors (Lipinski definition) is 6. The molecule has 2 N–H and O–H groups in total. The van der Waals surface area contributed by atoms with Crippen LogP contribution in [0.4, 0.5) is 26.0 Å². The molecule has 1 saturated heterocycles. The Labute approximate surface area is 195 Å².